The molecule has 2 heterocycles. The lowest BCUT2D eigenvalue weighted by Crippen LogP contribution is -2.37. The molecule has 76 valence electrons. The van der Waals surface area contributed by atoms with Crippen LogP contribution in [0.4, 0.5) is 5.82 Å². The van der Waals surface area contributed by atoms with Crippen molar-refractivity contribution in [2.45, 2.75) is 18.4 Å². The molecular weight excluding hydrogens is 260 g/mol. The van der Waals surface area contributed by atoms with E-state index in [9.17, 15) is 0 Å². The van der Waals surface area contributed by atoms with Gasteiger partial charge in [-0.25, -0.2) is 4.98 Å². The van der Waals surface area contributed by atoms with Crippen LogP contribution in [0.2, 0.25) is 0 Å². The van der Waals surface area contributed by atoms with Crippen LogP contribution in [0.1, 0.15) is 13.3 Å². The number of hydrogen-bond donors (Lipinski definition) is 0. The Bertz CT molecular complexity index is 326. The van der Waals surface area contributed by atoms with E-state index < -0.39 is 0 Å². The number of hydrogen-bond acceptors (Lipinski definition) is 3. The van der Waals surface area contributed by atoms with Crippen LogP contribution in [-0.4, -0.2) is 23.8 Å². The predicted molar refractivity (Wildman–Crippen MR) is 65.2 cm³/mol. The van der Waals surface area contributed by atoms with Crippen LogP contribution in [0.25, 0.3) is 0 Å². The van der Waals surface area contributed by atoms with E-state index in [1.54, 1.807) is 11.8 Å². The molecule has 1 aromatic heterocycles. The van der Waals surface area contributed by atoms with E-state index in [0.717, 1.165) is 34.2 Å². The fourth-order valence-corrected chi connectivity index (χ4v) is 2.47. The third-order valence-electron chi connectivity index (χ3n) is 2.25. The summed E-state index contributed by atoms with van der Waals surface area (Å²) in [6, 6.07) is 4.17. The average Bonchev–Trinajstić information content (AvgIpc) is 2.08. The third-order valence-corrected chi connectivity index (χ3v) is 3.68. The highest BCUT2D eigenvalue weighted by atomic mass is 79.9. The molecule has 1 fully saturated rings. The molecule has 0 N–H and O–H groups in total. The molecule has 2 rings (SSSR count). The highest BCUT2D eigenvalue weighted by Crippen LogP contribution is 2.30. The molecule has 0 spiro atoms. The van der Waals surface area contributed by atoms with Gasteiger partial charge in [0, 0.05) is 13.1 Å². The molecule has 1 aliphatic heterocycles. The van der Waals surface area contributed by atoms with Crippen LogP contribution in [0.3, 0.4) is 0 Å². The molecule has 0 aliphatic carbocycles. The maximum Gasteiger partial charge on any atom is 0.144 e. The van der Waals surface area contributed by atoms with E-state index in [1.165, 1.54) is 6.42 Å². The summed E-state index contributed by atoms with van der Waals surface area (Å²) in [5, 5.41) is 1.12. The number of nitrogens with zero attached hydrogens (tertiary/aromatic N) is 2. The molecule has 0 radical (unpaired) electrons. The summed E-state index contributed by atoms with van der Waals surface area (Å²) >= 11 is 5.33. The van der Waals surface area contributed by atoms with Crippen LogP contribution in [0, 0.1) is 0 Å². The monoisotopic (exact) mass is 272 g/mol. The van der Waals surface area contributed by atoms with E-state index in [1.807, 2.05) is 0 Å². The minimum Gasteiger partial charge on any atom is -0.356 e. The Hall–Kier alpha value is -0.220. The standard InChI is InChI=1S/C10H13BrN2S/c1-2-14-9-5-4-8(11)10(12-9)13-6-3-7-13/h4-5H,2-3,6-7H2,1H3. The van der Waals surface area contributed by atoms with Crippen LogP contribution >= 0.6 is 27.7 Å². The molecule has 2 nitrogen and oxygen atoms in total. The zero-order valence-corrected chi connectivity index (χ0v) is 10.6. The van der Waals surface area contributed by atoms with E-state index in [0.29, 0.717) is 0 Å². The summed E-state index contributed by atoms with van der Waals surface area (Å²) in [5.41, 5.74) is 0. The van der Waals surface area contributed by atoms with Crippen LogP contribution in [0.5, 0.6) is 0 Å². The van der Waals surface area contributed by atoms with Crippen molar-refractivity contribution in [3.05, 3.63) is 16.6 Å². The van der Waals surface area contributed by atoms with Crippen molar-refractivity contribution in [2.24, 2.45) is 0 Å². The number of aromatic nitrogens is 1. The maximum absolute atomic E-state index is 4.63. The average molecular weight is 273 g/mol. The van der Waals surface area contributed by atoms with Crippen LogP contribution in [-0.2, 0) is 0 Å². The van der Waals surface area contributed by atoms with Gasteiger partial charge in [-0.1, -0.05) is 6.92 Å². The fraction of sp³-hybridized carbons (Fsp3) is 0.500. The van der Waals surface area contributed by atoms with Crippen molar-refractivity contribution in [3.8, 4) is 0 Å². The normalized spacial score (nSPS) is 15.4. The molecule has 1 aromatic rings. The van der Waals surface area contributed by atoms with E-state index in [-0.39, 0.29) is 0 Å². The Morgan fingerprint density at radius 3 is 2.86 bits per heavy atom. The summed E-state index contributed by atoms with van der Waals surface area (Å²) in [5.74, 6) is 2.18. The van der Waals surface area contributed by atoms with Gasteiger partial charge in [0.05, 0.1) is 9.50 Å². The first-order valence-electron chi connectivity index (χ1n) is 4.85. The van der Waals surface area contributed by atoms with Gasteiger partial charge in [0.25, 0.3) is 0 Å². The molecule has 14 heavy (non-hydrogen) atoms. The van der Waals surface area contributed by atoms with Crippen molar-refractivity contribution in [1.29, 1.82) is 0 Å². The van der Waals surface area contributed by atoms with Crippen molar-refractivity contribution in [3.63, 3.8) is 0 Å². The third kappa shape index (κ3) is 2.06. The Labute approximate surface area is 97.2 Å². The SMILES string of the molecule is CCSc1ccc(Br)c(N2CCC2)n1. The van der Waals surface area contributed by atoms with Crippen molar-refractivity contribution in [1.82, 2.24) is 4.98 Å². The largest absolute Gasteiger partial charge is 0.356 e. The van der Waals surface area contributed by atoms with E-state index in [4.69, 9.17) is 0 Å². The summed E-state index contributed by atoms with van der Waals surface area (Å²) in [4.78, 5) is 6.94. The summed E-state index contributed by atoms with van der Waals surface area (Å²) < 4.78 is 1.11. The highest BCUT2D eigenvalue weighted by molar-refractivity contribution is 9.10. The van der Waals surface area contributed by atoms with E-state index >= 15 is 0 Å². The Morgan fingerprint density at radius 1 is 1.50 bits per heavy atom. The number of thioether (sulfide) groups is 1. The fourth-order valence-electron chi connectivity index (χ4n) is 1.39. The number of rotatable bonds is 3. The van der Waals surface area contributed by atoms with Gasteiger partial charge in [-0.05, 0) is 40.2 Å². The lowest BCUT2D eigenvalue weighted by molar-refractivity contribution is 0.606. The van der Waals surface area contributed by atoms with Gasteiger partial charge in [-0.15, -0.1) is 11.8 Å². The maximum atomic E-state index is 4.63. The molecule has 0 atom stereocenters. The van der Waals surface area contributed by atoms with Crippen molar-refractivity contribution >= 4 is 33.5 Å². The minimum absolute atomic E-state index is 1.08. The van der Waals surface area contributed by atoms with Gasteiger partial charge >= 0.3 is 0 Å². The molecule has 0 bridgehead atoms. The first-order valence-corrected chi connectivity index (χ1v) is 6.63. The molecule has 0 amide bonds. The lowest BCUT2D eigenvalue weighted by Gasteiger charge is -2.32. The zero-order valence-electron chi connectivity index (χ0n) is 8.16. The van der Waals surface area contributed by atoms with Gasteiger partial charge in [-0.3, -0.25) is 0 Å². The van der Waals surface area contributed by atoms with Gasteiger partial charge < -0.3 is 4.90 Å². The first kappa shape index (κ1) is 10.3. The molecule has 0 aromatic carbocycles. The second-order valence-electron chi connectivity index (χ2n) is 3.23. The van der Waals surface area contributed by atoms with Crippen molar-refractivity contribution < 1.29 is 0 Å². The molecule has 4 heteroatoms. The Kier molecular flexibility index (Phi) is 3.34. The van der Waals surface area contributed by atoms with Gasteiger partial charge in [-0.2, -0.15) is 0 Å². The zero-order chi connectivity index (χ0) is 9.97. The Morgan fingerprint density at radius 2 is 2.29 bits per heavy atom. The van der Waals surface area contributed by atoms with Crippen LogP contribution in [0.15, 0.2) is 21.6 Å². The van der Waals surface area contributed by atoms with E-state index in [2.05, 4.69) is 44.9 Å². The number of anilines is 1. The molecule has 1 saturated heterocycles. The minimum atomic E-state index is 1.08. The highest BCUT2D eigenvalue weighted by Gasteiger charge is 2.18. The molecule has 1 aliphatic rings. The summed E-state index contributed by atoms with van der Waals surface area (Å²) in [7, 11) is 0. The smallest absolute Gasteiger partial charge is 0.144 e. The quantitative estimate of drug-likeness (QED) is 0.787. The topological polar surface area (TPSA) is 16.1 Å². The van der Waals surface area contributed by atoms with Crippen molar-refractivity contribution in [2.75, 3.05) is 23.7 Å². The predicted octanol–water partition coefficient (Wildman–Crippen LogP) is 3.17. The first-order chi connectivity index (χ1) is 6.81. The second kappa shape index (κ2) is 4.53. The van der Waals surface area contributed by atoms with Gasteiger partial charge in [0.1, 0.15) is 5.82 Å². The molecular formula is C10H13BrN2S. The number of halogens is 1. The van der Waals surface area contributed by atoms with Gasteiger partial charge in [0.15, 0.2) is 0 Å². The molecule has 0 unspecified atom stereocenters. The Balaban J connectivity index is 2.22. The van der Waals surface area contributed by atoms with Crippen LogP contribution < -0.4 is 4.90 Å². The number of pyridine rings is 1. The summed E-state index contributed by atoms with van der Waals surface area (Å²) in [6.45, 7) is 4.44. The van der Waals surface area contributed by atoms with Gasteiger partial charge in [0.2, 0.25) is 0 Å². The lowest BCUT2D eigenvalue weighted by atomic mass is 10.2. The second-order valence-corrected chi connectivity index (χ2v) is 5.37. The summed E-state index contributed by atoms with van der Waals surface area (Å²) in [6.07, 6.45) is 1.29. The molecule has 0 saturated carbocycles.